The van der Waals surface area contributed by atoms with Crippen molar-refractivity contribution < 1.29 is 19.1 Å². The lowest BCUT2D eigenvalue weighted by Crippen LogP contribution is -2.55. The summed E-state index contributed by atoms with van der Waals surface area (Å²) in [7, 11) is 0. The molecule has 12 heteroatoms. The first-order chi connectivity index (χ1) is 21.5. The second-order valence-electron chi connectivity index (χ2n) is 15.6. The van der Waals surface area contributed by atoms with Gasteiger partial charge < -0.3 is 55.3 Å². The second-order valence-corrected chi connectivity index (χ2v) is 15.6. The first kappa shape index (κ1) is 35.2. The molecule has 0 radical (unpaired) electrons. The number of hydrogen-bond donors (Lipinski definition) is 8. The fraction of sp³-hybridized carbons (Fsp3) is 0.765. The summed E-state index contributed by atoms with van der Waals surface area (Å²) in [6, 6.07) is 6.63. The van der Waals surface area contributed by atoms with Crippen LogP contribution in [-0.4, -0.2) is 46.8 Å². The molecular formula is C34H58N8O4. The first-order valence-corrected chi connectivity index (χ1v) is 17.3. The van der Waals surface area contributed by atoms with Crippen LogP contribution in [-0.2, 0) is 9.47 Å². The minimum Gasteiger partial charge on any atom is -0.458 e. The molecule has 5 rings (SSSR count). The van der Waals surface area contributed by atoms with Crippen LogP contribution in [0.5, 0.6) is 0 Å². The number of esters is 2. The van der Waals surface area contributed by atoms with Crippen LogP contribution >= 0.6 is 0 Å². The van der Waals surface area contributed by atoms with E-state index >= 15 is 0 Å². The highest BCUT2D eigenvalue weighted by atomic mass is 16.5. The summed E-state index contributed by atoms with van der Waals surface area (Å²) in [6.45, 7) is 0. The SMILES string of the molecule is NC1(N)CCC(C(OC(=O)c2cccc(C(=O)OC(C3CCC(N)(N)CC3)C3CCC(N)(N)CC3)c2)C2CCC(N)(N)CC2)CC1. The fourth-order valence-corrected chi connectivity index (χ4v) is 8.34. The van der Waals surface area contributed by atoms with Crippen molar-refractivity contribution >= 4 is 11.9 Å². The fourth-order valence-electron chi connectivity index (χ4n) is 8.34. The Hall–Kier alpha value is -2.16. The number of carbonyl (C=O) groups excluding carboxylic acids is 2. The molecule has 16 N–H and O–H groups in total. The quantitative estimate of drug-likeness (QED) is 0.149. The lowest BCUT2D eigenvalue weighted by molar-refractivity contribution is -0.0315. The third-order valence-electron chi connectivity index (χ3n) is 11.5. The lowest BCUT2D eigenvalue weighted by atomic mass is 9.71. The predicted octanol–water partition coefficient (Wildman–Crippen LogP) is 1.95. The number of ether oxygens (including phenoxy) is 2. The molecule has 4 fully saturated rings. The van der Waals surface area contributed by atoms with Gasteiger partial charge in [0, 0.05) is 0 Å². The molecule has 12 nitrogen and oxygen atoms in total. The highest BCUT2D eigenvalue weighted by Crippen LogP contribution is 2.41. The number of nitrogens with two attached hydrogens (primary N) is 8. The topological polar surface area (TPSA) is 261 Å². The lowest BCUT2D eigenvalue weighted by Gasteiger charge is -2.43. The number of benzene rings is 1. The molecule has 0 heterocycles. The van der Waals surface area contributed by atoms with Gasteiger partial charge in [-0.25, -0.2) is 9.59 Å². The summed E-state index contributed by atoms with van der Waals surface area (Å²) < 4.78 is 12.6. The van der Waals surface area contributed by atoms with Gasteiger partial charge in [0.05, 0.1) is 33.8 Å². The molecule has 46 heavy (non-hydrogen) atoms. The van der Waals surface area contributed by atoms with E-state index in [1.54, 1.807) is 24.3 Å². The van der Waals surface area contributed by atoms with E-state index in [2.05, 4.69) is 0 Å². The van der Waals surface area contributed by atoms with Crippen molar-refractivity contribution in [3.63, 3.8) is 0 Å². The zero-order valence-corrected chi connectivity index (χ0v) is 27.3. The Balaban J connectivity index is 1.29. The molecule has 4 aliphatic rings. The van der Waals surface area contributed by atoms with Gasteiger partial charge in [-0.1, -0.05) is 6.07 Å². The molecule has 0 aromatic heterocycles. The minimum absolute atomic E-state index is 0.138. The van der Waals surface area contributed by atoms with Gasteiger partial charge in [0.2, 0.25) is 0 Å². The predicted molar refractivity (Wildman–Crippen MR) is 177 cm³/mol. The average molecular weight is 643 g/mol. The first-order valence-electron chi connectivity index (χ1n) is 17.3. The van der Waals surface area contributed by atoms with Crippen LogP contribution in [0.1, 0.15) is 123 Å². The van der Waals surface area contributed by atoms with E-state index in [0.29, 0.717) is 62.5 Å². The average Bonchev–Trinajstić information content (AvgIpc) is 2.99. The van der Waals surface area contributed by atoms with Crippen molar-refractivity contribution in [2.24, 2.45) is 69.5 Å². The van der Waals surface area contributed by atoms with Gasteiger partial charge in [-0.2, -0.15) is 0 Å². The maximum Gasteiger partial charge on any atom is 0.338 e. The molecule has 4 saturated carbocycles. The molecule has 0 aliphatic heterocycles. The third-order valence-corrected chi connectivity index (χ3v) is 11.5. The molecular weight excluding hydrogens is 584 g/mol. The van der Waals surface area contributed by atoms with E-state index in [4.69, 9.17) is 55.3 Å². The van der Waals surface area contributed by atoms with Gasteiger partial charge in [-0.3, -0.25) is 0 Å². The Morgan fingerprint density at radius 2 is 0.739 bits per heavy atom. The van der Waals surface area contributed by atoms with Crippen LogP contribution in [0.15, 0.2) is 24.3 Å². The van der Waals surface area contributed by atoms with Crippen LogP contribution in [0.3, 0.4) is 0 Å². The smallest absolute Gasteiger partial charge is 0.338 e. The third kappa shape index (κ3) is 9.04. The van der Waals surface area contributed by atoms with E-state index in [0.717, 1.165) is 51.4 Å². The largest absolute Gasteiger partial charge is 0.458 e. The zero-order valence-electron chi connectivity index (χ0n) is 27.3. The van der Waals surface area contributed by atoms with E-state index in [1.807, 2.05) is 0 Å². The van der Waals surface area contributed by atoms with E-state index in [-0.39, 0.29) is 35.9 Å². The van der Waals surface area contributed by atoms with Crippen molar-refractivity contribution in [3.8, 4) is 0 Å². The highest BCUT2D eigenvalue weighted by molar-refractivity contribution is 5.95. The van der Waals surface area contributed by atoms with Crippen molar-refractivity contribution in [1.29, 1.82) is 0 Å². The Morgan fingerprint density at radius 3 is 0.978 bits per heavy atom. The van der Waals surface area contributed by atoms with Gasteiger partial charge >= 0.3 is 11.9 Å². The van der Waals surface area contributed by atoms with Crippen LogP contribution < -0.4 is 45.9 Å². The molecule has 0 saturated heterocycles. The Morgan fingerprint density at radius 1 is 0.500 bits per heavy atom. The van der Waals surface area contributed by atoms with Crippen molar-refractivity contribution in [1.82, 2.24) is 0 Å². The molecule has 1 aromatic carbocycles. The summed E-state index contributed by atoms with van der Waals surface area (Å²) in [5, 5.41) is 0. The molecule has 1 aromatic rings. The molecule has 0 spiro atoms. The molecule has 258 valence electrons. The summed E-state index contributed by atoms with van der Waals surface area (Å²) in [5.41, 5.74) is 47.6. The molecule has 0 unspecified atom stereocenters. The molecule has 4 aliphatic carbocycles. The molecule has 0 bridgehead atoms. The molecule has 0 atom stereocenters. The monoisotopic (exact) mass is 642 g/mol. The summed E-state index contributed by atoms with van der Waals surface area (Å²) in [5.74, 6) is -0.375. The van der Waals surface area contributed by atoms with E-state index in [1.165, 1.54) is 0 Å². The zero-order chi connectivity index (χ0) is 33.3. The second kappa shape index (κ2) is 13.8. The number of hydrogen-bond acceptors (Lipinski definition) is 12. The van der Waals surface area contributed by atoms with Gasteiger partial charge in [0.15, 0.2) is 0 Å². The summed E-state index contributed by atoms with van der Waals surface area (Å²) in [4.78, 5) is 27.4. The van der Waals surface area contributed by atoms with E-state index < -0.39 is 34.6 Å². The Bertz CT molecular complexity index is 1050. The maximum absolute atomic E-state index is 13.7. The van der Waals surface area contributed by atoms with Crippen LogP contribution in [0, 0.1) is 23.7 Å². The van der Waals surface area contributed by atoms with Crippen molar-refractivity contribution in [2.45, 2.75) is 138 Å². The highest BCUT2D eigenvalue weighted by Gasteiger charge is 2.43. The van der Waals surface area contributed by atoms with E-state index in [9.17, 15) is 9.59 Å². The minimum atomic E-state index is -0.696. The maximum atomic E-state index is 13.7. The van der Waals surface area contributed by atoms with Crippen molar-refractivity contribution in [2.75, 3.05) is 0 Å². The standard InChI is InChI=1S/C34H58N8O4/c35-31(36)12-4-21(5-13-31)27(22-6-14-32(37,38)15-7-22)45-29(43)25-2-1-3-26(20-25)30(44)46-28(23-8-16-33(39,40)17-9-23)24-10-18-34(41,42)19-11-24/h1-3,20-24,27-28H,4-19,35-42H2. The summed E-state index contributed by atoms with van der Waals surface area (Å²) in [6.07, 6.45) is 10.9. The summed E-state index contributed by atoms with van der Waals surface area (Å²) >= 11 is 0. The van der Waals surface area contributed by atoms with Gasteiger partial charge in [-0.05, 0) is 145 Å². The van der Waals surface area contributed by atoms with Crippen molar-refractivity contribution in [3.05, 3.63) is 35.4 Å². The number of carbonyl (C=O) groups is 2. The Kier molecular flexibility index (Phi) is 10.5. The van der Waals surface area contributed by atoms with Crippen LogP contribution in [0.4, 0.5) is 0 Å². The van der Waals surface area contributed by atoms with Crippen LogP contribution in [0.2, 0.25) is 0 Å². The normalized spacial score (nSPS) is 25.8. The van der Waals surface area contributed by atoms with Gasteiger partial charge in [0.25, 0.3) is 0 Å². The van der Waals surface area contributed by atoms with Crippen LogP contribution in [0.25, 0.3) is 0 Å². The Labute approximate surface area is 273 Å². The van der Waals surface area contributed by atoms with Gasteiger partial charge in [0.1, 0.15) is 12.2 Å². The molecule has 0 amide bonds. The van der Waals surface area contributed by atoms with Gasteiger partial charge in [-0.15, -0.1) is 0 Å². The number of rotatable bonds is 8.